The molecule has 0 saturated carbocycles. The van der Waals surface area contributed by atoms with Crippen LogP contribution in [0.25, 0.3) is 0 Å². The van der Waals surface area contributed by atoms with Crippen LogP contribution in [0.3, 0.4) is 0 Å². The van der Waals surface area contributed by atoms with Gasteiger partial charge in [-0.2, -0.15) is 0 Å². The average Bonchev–Trinajstić information content (AvgIpc) is 3.31. The van der Waals surface area contributed by atoms with Crippen molar-refractivity contribution >= 4 is 23.7 Å². The largest absolute Gasteiger partial charge is 0.466 e. The number of carbonyl (C=O) groups is 3. The fourth-order valence-corrected chi connectivity index (χ4v) is 5.90. The summed E-state index contributed by atoms with van der Waals surface area (Å²) in [6.07, 6.45) is 2.62. The van der Waals surface area contributed by atoms with E-state index in [4.69, 9.17) is 23.7 Å². The number of allylic oxidation sites excluding steroid dienone is 1. The van der Waals surface area contributed by atoms with Crippen LogP contribution in [0.15, 0.2) is 23.8 Å². The Balaban J connectivity index is 1.87. The SMILES string of the molecule is COC(=O)C1=CC23CCNC(C(=O)OC)(C2CC1)N(C(=O)OC)c1c3ccc2c1OCO2. The molecule has 32 heavy (non-hydrogen) atoms. The van der Waals surface area contributed by atoms with E-state index in [0.717, 1.165) is 5.56 Å². The van der Waals surface area contributed by atoms with Crippen LogP contribution in [-0.4, -0.2) is 58.4 Å². The summed E-state index contributed by atoms with van der Waals surface area (Å²) in [7, 11) is 3.89. The molecular formula is C22H24N2O8. The van der Waals surface area contributed by atoms with Crippen LogP contribution in [0, 0.1) is 5.92 Å². The number of esters is 2. The number of nitrogens with zero attached hydrogens (tertiary/aromatic N) is 1. The van der Waals surface area contributed by atoms with Crippen LogP contribution in [-0.2, 0) is 29.2 Å². The van der Waals surface area contributed by atoms with Gasteiger partial charge in [0.2, 0.25) is 12.5 Å². The summed E-state index contributed by atoms with van der Waals surface area (Å²) in [4.78, 5) is 40.4. The molecule has 10 nitrogen and oxygen atoms in total. The monoisotopic (exact) mass is 444 g/mol. The Hall–Kier alpha value is -3.27. The minimum absolute atomic E-state index is 0.0148. The first-order valence-electron chi connectivity index (χ1n) is 10.4. The third-order valence-corrected chi connectivity index (χ3v) is 7.09. The number of fused-ring (bicyclic) bond motifs is 3. The van der Waals surface area contributed by atoms with Gasteiger partial charge in [0.05, 0.1) is 27.0 Å². The van der Waals surface area contributed by atoms with Gasteiger partial charge in [0.15, 0.2) is 11.5 Å². The van der Waals surface area contributed by atoms with E-state index in [9.17, 15) is 14.4 Å². The third kappa shape index (κ3) is 2.41. The zero-order valence-electron chi connectivity index (χ0n) is 18.1. The molecule has 1 aromatic carbocycles. The molecule has 1 aromatic rings. The maximum absolute atomic E-state index is 13.4. The molecule has 1 N–H and O–H groups in total. The molecule has 10 heteroatoms. The molecule has 3 heterocycles. The predicted octanol–water partition coefficient (Wildman–Crippen LogP) is 1.61. The molecular weight excluding hydrogens is 420 g/mol. The number of nitrogens with one attached hydrogen (secondary N) is 1. The van der Waals surface area contributed by atoms with Crippen molar-refractivity contribution in [3.05, 3.63) is 29.3 Å². The van der Waals surface area contributed by atoms with Crippen molar-refractivity contribution in [2.45, 2.75) is 30.3 Å². The first-order valence-corrected chi connectivity index (χ1v) is 10.4. The highest BCUT2D eigenvalue weighted by molar-refractivity contribution is 6.04. The maximum atomic E-state index is 13.4. The first-order chi connectivity index (χ1) is 15.4. The fourth-order valence-electron chi connectivity index (χ4n) is 5.90. The molecule has 3 atom stereocenters. The molecule has 1 amide bonds. The summed E-state index contributed by atoms with van der Waals surface area (Å²) in [5.74, 6) is -0.636. The van der Waals surface area contributed by atoms with E-state index in [-0.39, 0.29) is 6.79 Å². The molecule has 0 radical (unpaired) electrons. The number of anilines is 1. The summed E-state index contributed by atoms with van der Waals surface area (Å²) in [6.45, 7) is 0.386. The Morgan fingerprint density at radius 1 is 1.12 bits per heavy atom. The Morgan fingerprint density at radius 3 is 2.66 bits per heavy atom. The van der Waals surface area contributed by atoms with Gasteiger partial charge in [-0.1, -0.05) is 12.1 Å². The van der Waals surface area contributed by atoms with Crippen molar-refractivity contribution in [3.8, 4) is 11.5 Å². The summed E-state index contributed by atoms with van der Waals surface area (Å²) >= 11 is 0. The number of carbonyl (C=O) groups excluding carboxylic acids is 3. The van der Waals surface area contributed by atoms with Gasteiger partial charge in [-0.25, -0.2) is 19.3 Å². The molecule has 170 valence electrons. The lowest BCUT2D eigenvalue weighted by atomic mass is 9.54. The number of amides is 1. The summed E-state index contributed by atoms with van der Waals surface area (Å²) < 4.78 is 26.7. The van der Waals surface area contributed by atoms with Crippen LogP contribution >= 0.6 is 0 Å². The van der Waals surface area contributed by atoms with Crippen LogP contribution < -0.4 is 19.7 Å². The average molecular weight is 444 g/mol. The van der Waals surface area contributed by atoms with Crippen LogP contribution in [0.4, 0.5) is 10.5 Å². The number of benzene rings is 1. The molecule has 1 aliphatic carbocycles. The number of hydrogen-bond acceptors (Lipinski definition) is 9. The Kier molecular flexibility index (Phi) is 4.59. The molecule has 2 bridgehead atoms. The van der Waals surface area contributed by atoms with Gasteiger partial charge in [-0.05, 0) is 37.4 Å². The van der Waals surface area contributed by atoms with Crippen molar-refractivity contribution in [2.75, 3.05) is 39.6 Å². The van der Waals surface area contributed by atoms with E-state index in [0.29, 0.717) is 48.6 Å². The van der Waals surface area contributed by atoms with E-state index < -0.39 is 35.0 Å². The fraction of sp³-hybridized carbons (Fsp3) is 0.500. The van der Waals surface area contributed by atoms with Crippen LogP contribution in [0.5, 0.6) is 11.5 Å². The van der Waals surface area contributed by atoms with Crippen molar-refractivity contribution in [1.82, 2.24) is 5.32 Å². The lowest BCUT2D eigenvalue weighted by molar-refractivity contribution is -0.155. The van der Waals surface area contributed by atoms with E-state index in [1.54, 1.807) is 6.07 Å². The lowest BCUT2D eigenvalue weighted by Gasteiger charge is -2.61. The van der Waals surface area contributed by atoms with E-state index in [1.165, 1.54) is 26.2 Å². The smallest absolute Gasteiger partial charge is 0.416 e. The number of rotatable bonds is 2. The van der Waals surface area contributed by atoms with Crippen molar-refractivity contribution in [1.29, 1.82) is 0 Å². The Labute approximate surface area is 184 Å². The Morgan fingerprint density at radius 2 is 1.94 bits per heavy atom. The minimum atomic E-state index is -1.55. The number of ether oxygens (including phenoxy) is 5. The second kappa shape index (κ2) is 7.13. The van der Waals surface area contributed by atoms with E-state index in [2.05, 4.69) is 5.32 Å². The van der Waals surface area contributed by atoms with Crippen molar-refractivity contribution in [3.63, 3.8) is 0 Å². The predicted molar refractivity (Wildman–Crippen MR) is 109 cm³/mol. The lowest BCUT2D eigenvalue weighted by Crippen LogP contribution is -2.78. The highest BCUT2D eigenvalue weighted by atomic mass is 16.7. The van der Waals surface area contributed by atoms with Gasteiger partial charge < -0.3 is 23.7 Å². The zero-order valence-corrected chi connectivity index (χ0v) is 18.1. The molecule has 1 saturated heterocycles. The topological polar surface area (TPSA) is 113 Å². The van der Waals surface area contributed by atoms with Gasteiger partial charge in [0.25, 0.3) is 0 Å². The molecule has 0 aromatic heterocycles. The summed E-state index contributed by atoms with van der Waals surface area (Å²) in [5, 5.41) is 3.27. The summed E-state index contributed by atoms with van der Waals surface area (Å²) in [6, 6.07) is 3.66. The van der Waals surface area contributed by atoms with Gasteiger partial charge in [-0.15, -0.1) is 0 Å². The molecule has 3 aliphatic heterocycles. The number of piperidine rings is 1. The van der Waals surface area contributed by atoms with Gasteiger partial charge >= 0.3 is 18.0 Å². The number of hydrogen-bond donors (Lipinski definition) is 1. The highest BCUT2D eigenvalue weighted by Crippen LogP contribution is 2.62. The zero-order chi connectivity index (χ0) is 22.7. The quantitative estimate of drug-likeness (QED) is 0.537. The summed E-state index contributed by atoms with van der Waals surface area (Å²) in [5.41, 5.74) is -0.601. The van der Waals surface area contributed by atoms with E-state index >= 15 is 0 Å². The van der Waals surface area contributed by atoms with Gasteiger partial charge in [0.1, 0.15) is 0 Å². The van der Waals surface area contributed by atoms with Gasteiger partial charge in [-0.3, -0.25) is 5.32 Å². The van der Waals surface area contributed by atoms with Crippen molar-refractivity contribution < 1.29 is 38.1 Å². The molecule has 4 aliphatic rings. The third-order valence-electron chi connectivity index (χ3n) is 7.09. The molecule has 3 unspecified atom stereocenters. The Bertz CT molecular complexity index is 1050. The standard InChI is InChI=1S/C22H24N2O8/c1-28-18(25)12-4-7-15-21(10-12)8-9-23-22(15,19(26)29-2)24(20(27)30-3)16-13(21)5-6-14-17(16)32-11-31-14/h5-6,10,15,23H,4,7-9,11H2,1-3H3. The van der Waals surface area contributed by atoms with Crippen LogP contribution in [0.1, 0.15) is 24.8 Å². The molecule has 5 rings (SSSR count). The highest BCUT2D eigenvalue weighted by Gasteiger charge is 2.68. The second-order valence-corrected chi connectivity index (χ2v) is 8.23. The maximum Gasteiger partial charge on any atom is 0.416 e. The normalized spacial score (nSPS) is 29.3. The van der Waals surface area contributed by atoms with Crippen LogP contribution in [0.2, 0.25) is 0 Å². The molecule has 0 spiro atoms. The van der Waals surface area contributed by atoms with Crippen molar-refractivity contribution in [2.24, 2.45) is 5.92 Å². The minimum Gasteiger partial charge on any atom is -0.466 e. The molecule has 1 fully saturated rings. The van der Waals surface area contributed by atoms with E-state index in [1.807, 2.05) is 12.1 Å². The van der Waals surface area contributed by atoms with Gasteiger partial charge in [0, 0.05) is 16.9 Å². The first kappa shape index (κ1) is 20.6. The number of methoxy groups -OCH3 is 3. The second-order valence-electron chi connectivity index (χ2n) is 8.23.